The Hall–Kier alpha value is -4.65. The summed E-state index contributed by atoms with van der Waals surface area (Å²) in [6.45, 7) is 5.20. The zero-order valence-electron chi connectivity index (χ0n) is 20.8. The minimum absolute atomic E-state index is 0.0172. The number of fused-ring (bicyclic) bond motifs is 3. The molecule has 0 unspecified atom stereocenters. The van der Waals surface area contributed by atoms with E-state index in [2.05, 4.69) is 58.2 Å². The largest absolute Gasteiger partial charge is 0.429 e. The molecule has 0 radical (unpaired) electrons. The van der Waals surface area contributed by atoms with Gasteiger partial charge in [-0.25, -0.2) is 4.98 Å². The highest BCUT2D eigenvalue weighted by molar-refractivity contribution is 7.22. The fraction of sp³-hybridized carbons (Fsp3) is 0.100. The first-order chi connectivity index (χ1) is 19.0. The van der Waals surface area contributed by atoms with Gasteiger partial charge < -0.3 is 9.47 Å². The van der Waals surface area contributed by atoms with Crippen LogP contribution < -0.4 is 9.47 Å². The van der Waals surface area contributed by atoms with Gasteiger partial charge in [-0.1, -0.05) is 25.7 Å². The maximum atomic E-state index is 11.1. The van der Waals surface area contributed by atoms with E-state index in [0.717, 1.165) is 10.4 Å². The number of nitrogens with zero attached hydrogens (tertiary/aromatic N) is 3. The molecule has 0 amide bonds. The number of hydrogen-bond donors (Lipinski definition) is 0. The van der Waals surface area contributed by atoms with Gasteiger partial charge >= 0.3 is 0 Å². The number of hydrogen-bond acceptors (Lipinski definition) is 9. The lowest BCUT2D eigenvalue weighted by atomic mass is 9.84. The molecule has 9 heteroatoms. The molecule has 0 spiro atoms. The summed E-state index contributed by atoms with van der Waals surface area (Å²) in [4.78, 5) is 38.9. The number of pyridine rings is 3. The van der Waals surface area contributed by atoms with Crippen LogP contribution in [0.2, 0.25) is 0 Å². The molecule has 0 aliphatic heterocycles. The van der Waals surface area contributed by atoms with Crippen molar-refractivity contribution >= 4 is 35.6 Å². The maximum absolute atomic E-state index is 11.1. The van der Waals surface area contributed by atoms with Gasteiger partial charge in [0.15, 0.2) is 0 Å². The maximum Gasteiger partial charge on any atom is 0.298 e. The van der Waals surface area contributed by atoms with Crippen molar-refractivity contribution in [3.8, 4) is 55.9 Å². The minimum Gasteiger partial charge on any atom is -0.429 e. The molecule has 0 saturated heterocycles. The van der Waals surface area contributed by atoms with Crippen molar-refractivity contribution in [1.82, 2.24) is 15.0 Å². The van der Waals surface area contributed by atoms with Gasteiger partial charge in [-0.15, -0.1) is 22.7 Å². The van der Waals surface area contributed by atoms with Gasteiger partial charge in [0, 0.05) is 51.3 Å². The van der Waals surface area contributed by atoms with Crippen LogP contribution in [0, 0.1) is 11.8 Å². The monoisotopic (exact) mass is 549 g/mol. The van der Waals surface area contributed by atoms with Crippen LogP contribution in [-0.2, 0) is 15.0 Å². The molecule has 0 bridgehead atoms. The summed E-state index contributed by atoms with van der Waals surface area (Å²) >= 11 is 3.50. The zero-order valence-corrected chi connectivity index (χ0v) is 22.4. The van der Waals surface area contributed by atoms with E-state index in [-0.39, 0.29) is 11.2 Å². The fourth-order valence-corrected chi connectivity index (χ4v) is 6.96. The second-order valence-electron chi connectivity index (χ2n) is 9.20. The van der Waals surface area contributed by atoms with Crippen LogP contribution in [0.3, 0.4) is 0 Å². The molecule has 0 aromatic carbocycles. The first-order valence-corrected chi connectivity index (χ1v) is 13.6. The van der Waals surface area contributed by atoms with Gasteiger partial charge in [0.25, 0.3) is 12.9 Å². The quantitative estimate of drug-likeness (QED) is 0.187. The van der Waals surface area contributed by atoms with Crippen molar-refractivity contribution in [3.63, 3.8) is 0 Å². The predicted octanol–water partition coefficient (Wildman–Crippen LogP) is 6.11. The van der Waals surface area contributed by atoms with E-state index in [9.17, 15) is 9.59 Å². The Bertz CT molecular complexity index is 1810. The SMILES string of the molecule is CC1(C)c2ccsc2-c2sc(C#Cc3ccnc(-c4cc(OC=O)cc(-c5cc(OC=O)ccn5)n4)c3)cc21. The Morgan fingerprint density at radius 2 is 1.46 bits per heavy atom. The van der Waals surface area contributed by atoms with Crippen LogP contribution in [0.15, 0.2) is 66.3 Å². The van der Waals surface area contributed by atoms with E-state index in [0.29, 0.717) is 41.5 Å². The normalized spacial score (nSPS) is 12.6. The molecule has 7 nitrogen and oxygen atoms in total. The molecule has 190 valence electrons. The van der Waals surface area contributed by atoms with E-state index in [4.69, 9.17) is 9.47 Å². The first kappa shape index (κ1) is 24.7. The molecular weight excluding hydrogens is 530 g/mol. The second-order valence-corrected chi connectivity index (χ2v) is 11.2. The fourth-order valence-electron chi connectivity index (χ4n) is 4.56. The van der Waals surface area contributed by atoms with E-state index < -0.39 is 0 Å². The van der Waals surface area contributed by atoms with Gasteiger partial charge in [-0.2, -0.15) is 0 Å². The number of thiophene rings is 2. The third kappa shape index (κ3) is 4.61. The third-order valence-corrected chi connectivity index (χ3v) is 8.59. The highest BCUT2D eigenvalue weighted by Crippen LogP contribution is 2.54. The lowest BCUT2D eigenvalue weighted by Crippen LogP contribution is -2.13. The van der Waals surface area contributed by atoms with Gasteiger partial charge in [0.1, 0.15) is 11.5 Å². The Morgan fingerprint density at radius 1 is 0.769 bits per heavy atom. The van der Waals surface area contributed by atoms with Crippen LogP contribution in [0.4, 0.5) is 0 Å². The number of carbonyl (C=O) groups excluding carboxylic acids is 2. The molecule has 0 fully saturated rings. The Balaban J connectivity index is 1.34. The van der Waals surface area contributed by atoms with Gasteiger partial charge in [0.05, 0.1) is 27.7 Å². The summed E-state index contributed by atoms with van der Waals surface area (Å²) in [6, 6.07) is 14.4. The molecule has 0 saturated carbocycles. The summed E-state index contributed by atoms with van der Waals surface area (Å²) in [5.74, 6) is 7.16. The average molecular weight is 550 g/mol. The summed E-state index contributed by atoms with van der Waals surface area (Å²) in [7, 11) is 0. The molecule has 5 aromatic rings. The highest BCUT2D eigenvalue weighted by Gasteiger charge is 2.38. The average Bonchev–Trinajstić information content (AvgIpc) is 3.64. The first-order valence-electron chi connectivity index (χ1n) is 11.9. The third-order valence-electron chi connectivity index (χ3n) is 6.46. The van der Waals surface area contributed by atoms with Gasteiger partial charge in [-0.05, 0) is 46.8 Å². The topological polar surface area (TPSA) is 91.3 Å². The highest BCUT2D eigenvalue weighted by atomic mass is 32.1. The van der Waals surface area contributed by atoms with Crippen molar-refractivity contribution in [2.45, 2.75) is 19.3 Å². The summed E-state index contributed by atoms with van der Waals surface area (Å²) in [6.07, 6.45) is 3.16. The predicted molar refractivity (Wildman–Crippen MR) is 150 cm³/mol. The molecule has 0 N–H and O–H groups in total. The molecule has 39 heavy (non-hydrogen) atoms. The lowest BCUT2D eigenvalue weighted by Gasteiger charge is -2.18. The molecule has 5 aromatic heterocycles. The number of rotatable bonds is 6. The van der Waals surface area contributed by atoms with Gasteiger partial charge in [-0.3, -0.25) is 19.6 Å². The Kier molecular flexibility index (Phi) is 6.27. The summed E-state index contributed by atoms with van der Waals surface area (Å²) in [5, 5.41) is 2.15. The van der Waals surface area contributed by atoms with Crippen LogP contribution >= 0.6 is 22.7 Å². The zero-order chi connectivity index (χ0) is 27.0. The Labute approximate surface area is 232 Å². The molecule has 5 heterocycles. The van der Waals surface area contributed by atoms with Gasteiger partial charge in [0.2, 0.25) is 0 Å². The van der Waals surface area contributed by atoms with Crippen molar-refractivity contribution in [1.29, 1.82) is 0 Å². The van der Waals surface area contributed by atoms with Crippen molar-refractivity contribution in [3.05, 3.63) is 87.9 Å². The molecule has 0 atom stereocenters. The summed E-state index contributed by atoms with van der Waals surface area (Å²) in [5.41, 5.74) is 5.35. The van der Waals surface area contributed by atoms with Crippen LogP contribution in [0.1, 0.15) is 35.4 Å². The standard InChI is InChI=1S/C30H19N3O4S2/c1-30(2)22-7-10-38-28(22)29-23(30)15-21(39-29)4-3-18-5-8-31-24(11-18)26-13-20(37-17-35)14-27(33-26)25-12-19(36-16-34)6-9-32-25/h5-17H,1-2H3. The van der Waals surface area contributed by atoms with E-state index >= 15 is 0 Å². The van der Waals surface area contributed by atoms with E-state index in [1.807, 2.05) is 12.1 Å². The number of carbonyl (C=O) groups is 2. The summed E-state index contributed by atoms with van der Waals surface area (Å²) < 4.78 is 10.0. The minimum atomic E-state index is -0.0172. The molecule has 6 rings (SSSR count). The molecule has 1 aliphatic rings. The Morgan fingerprint density at radius 3 is 2.23 bits per heavy atom. The molecule has 1 aliphatic carbocycles. The van der Waals surface area contributed by atoms with Crippen molar-refractivity contribution in [2.75, 3.05) is 0 Å². The van der Waals surface area contributed by atoms with E-state index in [1.165, 1.54) is 27.1 Å². The number of aromatic nitrogens is 3. The van der Waals surface area contributed by atoms with Crippen molar-refractivity contribution < 1.29 is 19.1 Å². The van der Waals surface area contributed by atoms with Crippen LogP contribution in [0.25, 0.3) is 32.5 Å². The molecular formula is C30H19N3O4S2. The lowest BCUT2D eigenvalue weighted by molar-refractivity contribution is -0.121. The van der Waals surface area contributed by atoms with Crippen LogP contribution in [-0.4, -0.2) is 27.9 Å². The smallest absolute Gasteiger partial charge is 0.298 e. The van der Waals surface area contributed by atoms with Crippen LogP contribution in [0.5, 0.6) is 11.5 Å². The second kappa shape index (κ2) is 9.91. The van der Waals surface area contributed by atoms with E-state index in [1.54, 1.807) is 53.1 Å². The van der Waals surface area contributed by atoms with Crippen molar-refractivity contribution in [2.24, 2.45) is 0 Å². The number of ether oxygens (including phenoxy) is 2.